The zero-order valence-corrected chi connectivity index (χ0v) is 7.02. The summed E-state index contributed by atoms with van der Waals surface area (Å²) in [5.74, 6) is 1.06. The van der Waals surface area contributed by atoms with Crippen molar-refractivity contribution in [2.45, 2.75) is 6.92 Å². The zero-order chi connectivity index (χ0) is 9.10. The molecule has 1 radical (unpaired) electrons. The third kappa shape index (κ3) is 1.66. The summed E-state index contributed by atoms with van der Waals surface area (Å²) in [5.41, 5.74) is 0.811. The molecule has 0 aromatic carbocycles. The fourth-order valence-electron chi connectivity index (χ4n) is 0.913. The molecule has 0 saturated heterocycles. The van der Waals surface area contributed by atoms with E-state index in [1.807, 2.05) is 13.0 Å². The third-order valence-corrected chi connectivity index (χ3v) is 1.54. The second kappa shape index (κ2) is 3.26. The first kappa shape index (κ1) is 7.79. The molecule has 0 unspecified atom stereocenters. The van der Waals surface area contributed by atoms with Gasteiger partial charge in [0.1, 0.15) is 0 Å². The van der Waals surface area contributed by atoms with Crippen molar-refractivity contribution < 1.29 is 9.26 Å². The van der Waals surface area contributed by atoms with Crippen LogP contribution in [0.15, 0.2) is 28.9 Å². The maximum Gasteiger partial charge on any atom is 0.260 e. The molecule has 0 amide bonds. The Bertz CT molecular complexity index is 384. The molecule has 2 aromatic heterocycles. The Kier molecular flexibility index (Phi) is 1.96. The molecule has 0 aliphatic rings. The predicted octanol–water partition coefficient (Wildman–Crippen LogP) is 1.97. The number of hydrogen-bond donors (Lipinski definition) is 0. The van der Waals surface area contributed by atoms with Crippen LogP contribution in [0.2, 0.25) is 0 Å². The lowest BCUT2D eigenvalue weighted by Gasteiger charge is -2.02. The molecule has 0 bridgehead atoms. The number of hydrogen-bond acceptors (Lipinski definition) is 4. The van der Waals surface area contributed by atoms with Crippen molar-refractivity contribution >= 4 is 0 Å². The molecular weight excluding hydrogens is 168 g/mol. The minimum Gasteiger partial charge on any atom is -0.434 e. The van der Waals surface area contributed by atoms with E-state index in [0.29, 0.717) is 11.6 Å². The average molecular weight is 175 g/mol. The van der Waals surface area contributed by atoms with E-state index in [4.69, 9.17) is 4.74 Å². The van der Waals surface area contributed by atoms with Crippen LogP contribution in [0.5, 0.6) is 11.6 Å². The highest BCUT2D eigenvalue weighted by Gasteiger charge is 2.02. The van der Waals surface area contributed by atoms with Crippen LogP contribution >= 0.6 is 0 Å². The number of rotatable bonds is 2. The average Bonchev–Trinajstić information content (AvgIpc) is 2.61. The van der Waals surface area contributed by atoms with Gasteiger partial charge in [-0.3, -0.25) is 4.98 Å². The Morgan fingerprint density at radius 1 is 1.54 bits per heavy atom. The summed E-state index contributed by atoms with van der Waals surface area (Å²) in [4.78, 5) is 4.07. The van der Waals surface area contributed by atoms with Gasteiger partial charge in [0.05, 0.1) is 11.8 Å². The van der Waals surface area contributed by atoms with Crippen LogP contribution in [0.4, 0.5) is 0 Å². The zero-order valence-electron chi connectivity index (χ0n) is 7.02. The molecule has 0 saturated carbocycles. The summed E-state index contributed by atoms with van der Waals surface area (Å²) >= 11 is 0. The highest BCUT2D eigenvalue weighted by Crippen LogP contribution is 2.20. The van der Waals surface area contributed by atoms with Crippen molar-refractivity contribution in [1.82, 2.24) is 10.1 Å². The van der Waals surface area contributed by atoms with Gasteiger partial charge in [-0.2, -0.15) is 0 Å². The van der Waals surface area contributed by atoms with E-state index >= 15 is 0 Å². The molecule has 65 valence electrons. The minimum atomic E-state index is 0.385. The van der Waals surface area contributed by atoms with Gasteiger partial charge in [0.2, 0.25) is 6.26 Å². The SMILES string of the molecule is Cc1ncccc1Oc1c[c]on1. The highest BCUT2D eigenvalue weighted by atomic mass is 16.5. The number of ether oxygens (including phenoxy) is 1. The van der Waals surface area contributed by atoms with Crippen molar-refractivity contribution in [3.8, 4) is 11.6 Å². The Morgan fingerprint density at radius 2 is 2.46 bits per heavy atom. The van der Waals surface area contributed by atoms with Gasteiger partial charge in [0.15, 0.2) is 5.75 Å². The van der Waals surface area contributed by atoms with Gasteiger partial charge < -0.3 is 9.26 Å². The standard InChI is InChI=1S/C9H7N2O2/c1-7-8(3-2-5-10-7)13-9-4-6-12-11-9/h2-5H,1H3. The van der Waals surface area contributed by atoms with Gasteiger partial charge in [-0.15, -0.1) is 0 Å². The van der Waals surface area contributed by atoms with E-state index in [9.17, 15) is 0 Å². The van der Waals surface area contributed by atoms with Crippen LogP contribution in [0.25, 0.3) is 0 Å². The van der Waals surface area contributed by atoms with Crippen LogP contribution in [0, 0.1) is 13.2 Å². The first-order valence-electron chi connectivity index (χ1n) is 3.78. The van der Waals surface area contributed by atoms with Gasteiger partial charge in [-0.25, -0.2) is 0 Å². The van der Waals surface area contributed by atoms with Crippen LogP contribution in [-0.4, -0.2) is 10.1 Å². The molecular formula is C9H7N2O2. The lowest BCUT2D eigenvalue weighted by atomic mass is 10.3. The summed E-state index contributed by atoms with van der Waals surface area (Å²) in [6.07, 6.45) is 4.14. The van der Waals surface area contributed by atoms with Crippen molar-refractivity contribution in [3.05, 3.63) is 36.4 Å². The number of aryl methyl sites for hydroxylation is 1. The molecule has 4 heteroatoms. The Morgan fingerprint density at radius 3 is 3.15 bits per heavy atom. The van der Waals surface area contributed by atoms with Gasteiger partial charge in [-0.1, -0.05) is 0 Å². The van der Waals surface area contributed by atoms with Gasteiger partial charge in [0.25, 0.3) is 5.88 Å². The smallest absolute Gasteiger partial charge is 0.260 e. The summed E-state index contributed by atoms with van der Waals surface area (Å²) in [6.45, 7) is 1.86. The molecule has 0 spiro atoms. The second-order valence-corrected chi connectivity index (χ2v) is 2.47. The molecule has 0 aliphatic heterocycles. The van der Waals surface area contributed by atoms with Crippen LogP contribution < -0.4 is 4.74 Å². The quantitative estimate of drug-likeness (QED) is 0.700. The first-order valence-corrected chi connectivity index (χ1v) is 3.78. The molecule has 0 fully saturated rings. The Balaban J connectivity index is 2.24. The normalized spacial score (nSPS) is 9.92. The van der Waals surface area contributed by atoms with E-state index in [1.165, 1.54) is 6.07 Å². The molecule has 2 heterocycles. The van der Waals surface area contributed by atoms with Gasteiger partial charge in [-0.05, 0) is 24.2 Å². The van der Waals surface area contributed by atoms with Crippen molar-refractivity contribution in [2.75, 3.05) is 0 Å². The fourth-order valence-corrected chi connectivity index (χ4v) is 0.913. The van der Waals surface area contributed by atoms with Crippen molar-refractivity contribution in [3.63, 3.8) is 0 Å². The second-order valence-electron chi connectivity index (χ2n) is 2.47. The van der Waals surface area contributed by atoms with E-state index in [0.717, 1.165) is 5.69 Å². The topological polar surface area (TPSA) is 48.2 Å². The summed E-state index contributed by atoms with van der Waals surface area (Å²) in [6, 6.07) is 5.13. The molecule has 13 heavy (non-hydrogen) atoms. The monoisotopic (exact) mass is 175 g/mol. The van der Waals surface area contributed by atoms with Crippen LogP contribution in [0.1, 0.15) is 5.69 Å². The number of aromatic nitrogens is 2. The largest absolute Gasteiger partial charge is 0.434 e. The number of pyridine rings is 1. The molecule has 0 atom stereocenters. The van der Waals surface area contributed by atoms with Gasteiger partial charge >= 0.3 is 0 Å². The third-order valence-electron chi connectivity index (χ3n) is 1.54. The lowest BCUT2D eigenvalue weighted by Crippen LogP contribution is -1.88. The predicted molar refractivity (Wildman–Crippen MR) is 44.4 cm³/mol. The highest BCUT2D eigenvalue weighted by molar-refractivity contribution is 5.28. The minimum absolute atomic E-state index is 0.385. The lowest BCUT2D eigenvalue weighted by molar-refractivity contribution is 0.361. The molecule has 0 aliphatic carbocycles. The number of nitrogens with zero attached hydrogens (tertiary/aromatic N) is 2. The molecule has 4 nitrogen and oxygen atoms in total. The molecule has 2 aromatic rings. The van der Waals surface area contributed by atoms with Crippen LogP contribution in [0.3, 0.4) is 0 Å². The maximum atomic E-state index is 5.35. The Labute approximate surface area is 75.2 Å². The molecule has 2 rings (SSSR count). The first-order chi connectivity index (χ1) is 6.36. The fraction of sp³-hybridized carbons (Fsp3) is 0.111. The van der Waals surface area contributed by atoms with Crippen LogP contribution in [-0.2, 0) is 0 Å². The van der Waals surface area contributed by atoms with E-state index in [1.54, 1.807) is 12.3 Å². The molecule has 0 N–H and O–H groups in total. The van der Waals surface area contributed by atoms with E-state index in [2.05, 4.69) is 20.9 Å². The summed E-state index contributed by atoms with van der Waals surface area (Å²) < 4.78 is 9.86. The summed E-state index contributed by atoms with van der Waals surface area (Å²) in [7, 11) is 0. The summed E-state index contributed by atoms with van der Waals surface area (Å²) in [5, 5.41) is 3.57. The van der Waals surface area contributed by atoms with Crippen molar-refractivity contribution in [1.29, 1.82) is 0 Å². The van der Waals surface area contributed by atoms with Crippen molar-refractivity contribution in [2.24, 2.45) is 0 Å². The maximum absolute atomic E-state index is 5.35. The van der Waals surface area contributed by atoms with E-state index in [-0.39, 0.29) is 0 Å². The van der Waals surface area contributed by atoms with E-state index < -0.39 is 0 Å². The van der Waals surface area contributed by atoms with Gasteiger partial charge in [0, 0.05) is 6.20 Å². The Hall–Kier alpha value is -1.84.